The number of rotatable bonds is 4. The summed E-state index contributed by atoms with van der Waals surface area (Å²) in [5.41, 5.74) is 2.70. The highest BCUT2D eigenvalue weighted by molar-refractivity contribution is 5.95. The fraction of sp³-hybridized carbons (Fsp3) is 0.300. The SMILES string of the molecule is Cn1cc([C@@H]2CN(C(=O)c3cccc(-n4cccc4)c3)C[C@H]2CO)cn1. The predicted molar refractivity (Wildman–Crippen MR) is 98.2 cm³/mol. The second-order valence-corrected chi connectivity index (χ2v) is 6.85. The Hall–Kier alpha value is -2.86. The molecule has 0 saturated carbocycles. The molecule has 1 N–H and O–H groups in total. The van der Waals surface area contributed by atoms with E-state index in [1.807, 2.05) is 77.7 Å². The van der Waals surface area contributed by atoms with Gasteiger partial charge in [0.1, 0.15) is 0 Å². The van der Waals surface area contributed by atoms with E-state index in [9.17, 15) is 9.90 Å². The molecule has 0 radical (unpaired) electrons. The number of hydrogen-bond acceptors (Lipinski definition) is 3. The van der Waals surface area contributed by atoms with Crippen LogP contribution < -0.4 is 0 Å². The summed E-state index contributed by atoms with van der Waals surface area (Å²) in [7, 11) is 1.88. The summed E-state index contributed by atoms with van der Waals surface area (Å²) in [5.74, 6) is 0.157. The molecule has 0 unspecified atom stereocenters. The van der Waals surface area contributed by atoms with Gasteiger partial charge in [-0.25, -0.2) is 0 Å². The van der Waals surface area contributed by atoms with Gasteiger partial charge in [-0.3, -0.25) is 9.48 Å². The van der Waals surface area contributed by atoms with E-state index in [1.54, 1.807) is 4.68 Å². The van der Waals surface area contributed by atoms with Gasteiger partial charge in [-0.05, 0) is 35.9 Å². The molecule has 1 fully saturated rings. The molecule has 1 aliphatic heterocycles. The van der Waals surface area contributed by atoms with Gasteiger partial charge >= 0.3 is 0 Å². The van der Waals surface area contributed by atoms with Crippen molar-refractivity contribution in [1.82, 2.24) is 19.2 Å². The molecule has 4 rings (SSSR count). The molecular weight excluding hydrogens is 328 g/mol. The van der Waals surface area contributed by atoms with Crippen LogP contribution in [0.25, 0.3) is 5.69 Å². The number of nitrogens with zero attached hydrogens (tertiary/aromatic N) is 4. The first-order valence-corrected chi connectivity index (χ1v) is 8.78. The average molecular weight is 350 g/mol. The first kappa shape index (κ1) is 16.6. The Morgan fingerprint density at radius 3 is 2.73 bits per heavy atom. The predicted octanol–water partition coefficient (Wildman–Crippen LogP) is 2.06. The molecule has 6 nitrogen and oxygen atoms in total. The van der Waals surface area contributed by atoms with Crippen LogP contribution >= 0.6 is 0 Å². The normalized spacial score (nSPS) is 19.8. The Labute approximate surface area is 152 Å². The minimum absolute atomic E-state index is 0.00356. The second-order valence-electron chi connectivity index (χ2n) is 6.85. The molecule has 0 spiro atoms. The largest absolute Gasteiger partial charge is 0.396 e. The van der Waals surface area contributed by atoms with Crippen LogP contribution in [0.1, 0.15) is 21.8 Å². The molecule has 0 aliphatic carbocycles. The van der Waals surface area contributed by atoms with Crippen molar-refractivity contribution in [1.29, 1.82) is 0 Å². The van der Waals surface area contributed by atoms with Crippen molar-refractivity contribution in [3.63, 3.8) is 0 Å². The minimum Gasteiger partial charge on any atom is -0.396 e. The van der Waals surface area contributed by atoms with Crippen LogP contribution in [0.2, 0.25) is 0 Å². The average Bonchev–Trinajstić information content (AvgIpc) is 3.41. The molecule has 2 atom stereocenters. The van der Waals surface area contributed by atoms with Crippen LogP contribution in [0.15, 0.2) is 61.2 Å². The summed E-state index contributed by atoms with van der Waals surface area (Å²) < 4.78 is 3.74. The zero-order valence-corrected chi connectivity index (χ0v) is 14.7. The van der Waals surface area contributed by atoms with E-state index in [4.69, 9.17) is 0 Å². The van der Waals surface area contributed by atoms with Crippen LogP contribution in [0, 0.1) is 5.92 Å². The maximum atomic E-state index is 13.0. The fourth-order valence-electron chi connectivity index (χ4n) is 3.72. The second kappa shape index (κ2) is 6.80. The third-order valence-corrected chi connectivity index (χ3v) is 5.11. The number of hydrogen-bond donors (Lipinski definition) is 1. The summed E-state index contributed by atoms with van der Waals surface area (Å²) in [5, 5.41) is 14.0. The quantitative estimate of drug-likeness (QED) is 0.783. The van der Waals surface area contributed by atoms with Crippen LogP contribution in [0.5, 0.6) is 0 Å². The number of carbonyl (C=O) groups excluding carboxylic acids is 1. The highest BCUT2D eigenvalue weighted by Gasteiger charge is 2.36. The summed E-state index contributed by atoms with van der Waals surface area (Å²) in [6.07, 6.45) is 7.71. The van der Waals surface area contributed by atoms with Gasteiger partial charge in [0.05, 0.1) is 6.20 Å². The van der Waals surface area contributed by atoms with Crippen molar-refractivity contribution in [2.75, 3.05) is 19.7 Å². The Bertz CT molecular complexity index is 900. The monoisotopic (exact) mass is 350 g/mol. The van der Waals surface area contributed by atoms with E-state index in [0.29, 0.717) is 18.7 Å². The van der Waals surface area contributed by atoms with Gasteiger partial charge in [0.25, 0.3) is 5.91 Å². The molecule has 6 heteroatoms. The number of aliphatic hydroxyl groups is 1. The molecule has 1 aliphatic rings. The third-order valence-electron chi connectivity index (χ3n) is 5.11. The van der Waals surface area contributed by atoms with Gasteiger partial charge in [-0.2, -0.15) is 5.10 Å². The number of benzene rings is 1. The Balaban J connectivity index is 1.56. The van der Waals surface area contributed by atoms with Crippen LogP contribution in [-0.4, -0.2) is 50.0 Å². The number of aryl methyl sites for hydroxylation is 1. The lowest BCUT2D eigenvalue weighted by Crippen LogP contribution is -2.29. The van der Waals surface area contributed by atoms with Gasteiger partial charge < -0.3 is 14.6 Å². The van der Waals surface area contributed by atoms with E-state index in [1.165, 1.54) is 0 Å². The first-order valence-electron chi connectivity index (χ1n) is 8.78. The van der Waals surface area contributed by atoms with Crippen molar-refractivity contribution >= 4 is 5.91 Å². The molecule has 134 valence electrons. The van der Waals surface area contributed by atoms with Crippen molar-refractivity contribution in [3.8, 4) is 5.69 Å². The maximum absolute atomic E-state index is 13.0. The third kappa shape index (κ3) is 3.04. The van der Waals surface area contributed by atoms with Gasteiger partial charge in [-0.1, -0.05) is 6.07 Å². The van der Waals surface area contributed by atoms with Crippen molar-refractivity contribution in [3.05, 3.63) is 72.3 Å². The minimum atomic E-state index is 0.00356. The summed E-state index contributed by atoms with van der Waals surface area (Å²) >= 11 is 0. The van der Waals surface area contributed by atoms with Gasteiger partial charge in [0.2, 0.25) is 0 Å². The van der Waals surface area contributed by atoms with E-state index in [2.05, 4.69) is 5.10 Å². The fourth-order valence-corrected chi connectivity index (χ4v) is 3.72. The first-order chi connectivity index (χ1) is 12.7. The zero-order valence-electron chi connectivity index (χ0n) is 14.7. The molecule has 1 aromatic carbocycles. The van der Waals surface area contributed by atoms with E-state index < -0.39 is 0 Å². The lowest BCUT2D eigenvalue weighted by Gasteiger charge is -2.17. The molecule has 1 amide bonds. The van der Waals surface area contributed by atoms with Crippen LogP contribution in [-0.2, 0) is 7.05 Å². The Morgan fingerprint density at radius 1 is 1.23 bits per heavy atom. The number of carbonyl (C=O) groups is 1. The van der Waals surface area contributed by atoms with E-state index >= 15 is 0 Å². The van der Waals surface area contributed by atoms with Crippen LogP contribution in [0.3, 0.4) is 0 Å². The van der Waals surface area contributed by atoms with Gasteiger partial charge in [0, 0.05) is 68.4 Å². The number of amides is 1. The topological polar surface area (TPSA) is 63.3 Å². The summed E-state index contributed by atoms with van der Waals surface area (Å²) in [4.78, 5) is 14.9. The zero-order chi connectivity index (χ0) is 18.1. The van der Waals surface area contributed by atoms with E-state index in [-0.39, 0.29) is 24.3 Å². The smallest absolute Gasteiger partial charge is 0.253 e. The molecule has 26 heavy (non-hydrogen) atoms. The van der Waals surface area contributed by atoms with Gasteiger partial charge in [0.15, 0.2) is 0 Å². The Morgan fingerprint density at radius 2 is 2.04 bits per heavy atom. The lowest BCUT2D eigenvalue weighted by molar-refractivity contribution is 0.0781. The maximum Gasteiger partial charge on any atom is 0.253 e. The van der Waals surface area contributed by atoms with Crippen molar-refractivity contribution in [2.24, 2.45) is 13.0 Å². The van der Waals surface area contributed by atoms with Gasteiger partial charge in [-0.15, -0.1) is 0 Å². The lowest BCUT2D eigenvalue weighted by atomic mass is 9.92. The molecule has 3 aromatic rings. The molecule has 0 bridgehead atoms. The molecular formula is C20H22N4O2. The highest BCUT2D eigenvalue weighted by atomic mass is 16.3. The molecule has 2 aromatic heterocycles. The number of aromatic nitrogens is 3. The summed E-state index contributed by atoms with van der Waals surface area (Å²) in [6, 6.07) is 11.6. The van der Waals surface area contributed by atoms with Crippen molar-refractivity contribution in [2.45, 2.75) is 5.92 Å². The number of likely N-dealkylation sites (tertiary alicyclic amines) is 1. The molecule has 1 saturated heterocycles. The van der Waals surface area contributed by atoms with Crippen molar-refractivity contribution < 1.29 is 9.90 Å². The highest BCUT2D eigenvalue weighted by Crippen LogP contribution is 2.33. The summed E-state index contributed by atoms with van der Waals surface area (Å²) in [6.45, 7) is 1.22. The van der Waals surface area contributed by atoms with Crippen LogP contribution in [0.4, 0.5) is 0 Å². The van der Waals surface area contributed by atoms with E-state index in [0.717, 1.165) is 11.3 Å². The Kier molecular flexibility index (Phi) is 4.34. The standard InChI is InChI=1S/C20H22N4O2/c1-22-11-16(10-21-22)19-13-24(12-17(19)14-25)20(26)15-5-4-6-18(9-15)23-7-2-3-8-23/h2-11,17,19,25H,12-14H2,1H3/t17-,19-/m0/s1. The molecule has 3 heterocycles. The number of aliphatic hydroxyl groups excluding tert-OH is 1.